The van der Waals surface area contributed by atoms with Gasteiger partial charge in [0.1, 0.15) is 5.54 Å². The van der Waals surface area contributed by atoms with Crippen molar-refractivity contribution in [3.63, 3.8) is 0 Å². The molecule has 3 rings (SSSR count). The van der Waals surface area contributed by atoms with Crippen molar-refractivity contribution >= 4 is 27.3 Å². The molecule has 1 aliphatic carbocycles. The van der Waals surface area contributed by atoms with E-state index in [-0.39, 0.29) is 17.3 Å². The molecule has 0 unspecified atom stereocenters. The average molecular weight is 441 g/mol. The maximum Gasteiger partial charge on any atom is 0.264 e. The van der Waals surface area contributed by atoms with Crippen molar-refractivity contribution in [1.82, 2.24) is 5.32 Å². The summed E-state index contributed by atoms with van der Waals surface area (Å²) in [7, 11) is -2.24. The normalized spacial score (nSPS) is 15.9. The fourth-order valence-corrected chi connectivity index (χ4v) is 5.03. The number of rotatable bonds is 7. The van der Waals surface area contributed by atoms with Gasteiger partial charge in [-0.05, 0) is 43.2 Å². The van der Waals surface area contributed by atoms with Crippen LogP contribution < -0.4 is 14.9 Å². The van der Waals surface area contributed by atoms with Crippen molar-refractivity contribution < 1.29 is 13.2 Å². The van der Waals surface area contributed by atoms with Gasteiger partial charge in [-0.1, -0.05) is 49.9 Å². The average Bonchev–Trinajstić information content (AvgIpc) is 3.04. The first-order valence-electron chi connectivity index (χ1n) is 10.5. The standard InChI is InChI=1S/C23H28N4O3S/c1-27(20-11-5-4-6-12-20)31(29,30)21-13-9-10-19(16-21)25-17-22(28)26-23(18-24)14-7-2-3-8-15-23/h4-6,9-13,16,25H,2-3,7-8,14-15,17H2,1H3,(H,26,28). The number of hydrogen-bond acceptors (Lipinski definition) is 5. The van der Waals surface area contributed by atoms with Crippen LogP contribution in [-0.2, 0) is 14.8 Å². The fraction of sp³-hybridized carbons (Fsp3) is 0.391. The van der Waals surface area contributed by atoms with E-state index < -0.39 is 15.6 Å². The summed E-state index contributed by atoms with van der Waals surface area (Å²) >= 11 is 0. The molecule has 0 atom stereocenters. The molecule has 7 nitrogen and oxygen atoms in total. The van der Waals surface area contributed by atoms with Crippen LogP contribution in [0.25, 0.3) is 0 Å². The quantitative estimate of drug-likeness (QED) is 0.640. The Kier molecular flexibility index (Phi) is 7.18. The number of para-hydroxylation sites is 1. The van der Waals surface area contributed by atoms with Crippen molar-refractivity contribution in [1.29, 1.82) is 5.26 Å². The van der Waals surface area contributed by atoms with Gasteiger partial charge in [0.25, 0.3) is 10.0 Å². The molecule has 1 aliphatic rings. The summed E-state index contributed by atoms with van der Waals surface area (Å²) < 4.78 is 27.2. The first kappa shape index (κ1) is 22.6. The Balaban J connectivity index is 1.66. The van der Waals surface area contributed by atoms with Gasteiger partial charge in [0, 0.05) is 12.7 Å². The van der Waals surface area contributed by atoms with Crippen LogP contribution in [0.3, 0.4) is 0 Å². The summed E-state index contributed by atoms with van der Waals surface area (Å²) in [4.78, 5) is 12.6. The predicted molar refractivity (Wildman–Crippen MR) is 121 cm³/mol. The highest BCUT2D eigenvalue weighted by Gasteiger charge is 2.32. The number of hydrogen-bond donors (Lipinski definition) is 2. The van der Waals surface area contributed by atoms with Gasteiger partial charge in [0.15, 0.2) is 0 Å². The lowest BCUT2D eigenvalue weighted by molar-refractivity contribution is -0.120. The smallest absolute Gasteiger partial charge is 0.264 e. The third kappa shape index (κ3) is 5.56. The minimum absolute atomic E-state index is 0.0402. The number of nitriles is 1. The van der Waals surface area contributed by atoms with Gasteiger partial charge in [-0.15, -0.1) is 0 Å². The molecule has 31 heavy (non-hydrogen) atoms. The van der Waals surface area contributed by atoms with E-state index in [9.17, 15) is 18.5 Å². The number of carbonyl (C=O) groups is 1. The molecule has 0 saturated heterocycles. The summed E-state index contributed by atoms with van der Waals surface area (Å²) in [5, 5.41) is 15.5. The topological polar surface area (TPSA) is 102 Å². The summed E-state index contributed by atoms with van der Waals surface area (Å²) in [5.74, 6) is -0.280. The Hall–Kier alpha value is -3.05. The molecule has 1 fully saturated rings. The molecule has 0 radical (unpaired) electrons. The van der Waals surface area contributed by atoms with Crippen LogP contribution in [-0.4, -0.2) is 33.5 Å². The van der Waals surface area contributed by atoms with Crippen molar-refractivity contribution in [2.45, 2.75) is 49.0 Å². The molecule has 0 bridgehead atoms. The number of nitrogens with zero attached hydrogens (tertiary/aromatic N) is 2. The maximum absolute atomic E-state index is 13.0. The molecule has 1 amide bonds. The van der Waals surface area contributed by atoms with Gasteiger partial charge in [-0.2, -0.15) is 5.26 Å². The molecule has 8 heteroatoms. The third-order valence-electron chi connectivity index (χ3n) is 5.62. The van der Waals surface area contributed by atoms with Crippen LogP contribution in [0.4, 0.5) is 11.4 Å². The molecule has 2 aromatic rings. The molecule has 2 aromatic carbocycles. The number of anilines is 2. The first-order chi connectivity index (χ1) is 14.9. The van der Waals surface area contributed by atoms with Crippen molar-refractivity contribution in [3.8, 4) is 6.07 Å². The lowest BCUT2D eigenvalue weighted by atomic mass is 9.92. The molecule has 1 saturated carbocycles. The van der Waals surface area contributed by atoms with Crippen LogP contribution in [0, 0.1) is 11.3 Å². The molecule has 0 aromatic heterocycles. The highest BCUT2D eigenvalue weighted by atomic mass is 32.2. The van der Waals surface area contributed by atoms with Crippen LogP contribution in [0.5, 0.6) is 0 Å². The van der Waals surface area contributed by atoms with Gasteiger partial charge in [0.05, 0.1) is 23.2 Å². The molecular weight excluding hydrogens is 412 g/mol. The van der Waals surface area contributed by atoms with E-state index in [0.29, 0.717) is 24.2 Å². The van der Waals surface area contributed by atoms with Gasteiger partial charge in [-0.3, -0.25) is 9.10 Å². The van der Waals surface area contributed by atoms with Crippen LogP contribution in [0.15, 0.2) is 59.5 Å². The molecular formula is C23H28N4O3S. The van der Waals surface area contributed by atoms with Crippen molar-refractivity contribution in [2.24, 2.45) is 0 Å². The van der Waals surface area contributed by atoms with Crippen molar-refractivity contribution in [2.75, 3.05) is 23.2 Å². The van der Waals surface area contributed by atoms with Crippen LogP contribution in [0.1, 0.15) is 38.5 Å². The van der Waals surface area contributed by atoms with Crippen LogP contribution in [0.2, 0.25) is 0 Å². The second-order valence-electron chi connectivity index (χ2n) is 7.85. The largest absolute Gasteiger partial charge is 0.376 e. The van der Waals surface area contributed by atoms with E-state index in [1.165, 1.54) is 23.5 Å². The van der Waals surface area contributed by atoms with Crippen LogP contribution >= 0.6 is 0 Å². The van der Waals surface area contributed by atoms with Gasteiger partial charge >= 0.3 is 0 Å². The van der Waals surface area contributed by atoms with E-state index >= 15 is 0 Å². The first-order valence-corrected chi connectivity index (χ1v) is 11.9. The number of benzene rings is 2. The van der Waals surface area contributed by atoms with Crippen molar-refractivity contribution in [3.05, 3.63) is 54.6 Å². The van der Waals surface area contributed by atoms with E-state index in [4.69, 9.17) is 0 Å². The van der Waals surface area contributed by atoms with E-state index in [1.54, 1.807) is 36.4 Å². The van der Waals surface area contributed by atoms with E-state index in [2.05, 4.69) is 16.7 Å². The minimum atomic E-state index is -3.74. The Bertz CT molecular complexity index is 1040. The number of sulfonamides is 1. The molecule has 0 aliphatic heterocycles. The number of amides is 1. The lowest BCUT2D eigenvalue weighted by Crippen LogP contribution is -2.48. The minimum Gasteiger partial charge on any atom is -0.376 e. The van der Waals surface area contributed by atoms with Gasteiger partial charge < -0.3 is 10.6 Å². The van der Waals surface area contributed by atoms with E-state index in [0.717, 1.165) is 25.7 Å². The van der Waals surface area contributed by atoms with Gasteiger partial charge in [0.2, 0.25) is 5.91 Å². The second kappa shape index (κ2) is 9.84. The summed E-state index contributed by atoms with van der Waals surface area (Å²) in [6, 6.07) is 17.5. The third-order valence-corrected chi connectivity index (χ3v) is 7.40. The molecule has 164 valence electrons. The summed E-state index contributed by atoms with van der Waals surface area (Å²) in [6.45, 7) is -0.0402. The zero-order chi connectivity index (χ0) is 22.3. The van der Waals surface area contributed by atoms with Gasteiger partial charge in [-0.25, -0.2) is 8.42 Å². The summed E-state index contributed by atoms with van der Waals surface area (Å²) in [5.41, 5.74) is 0.272. The zero-order valence-corrected chi connectivity index (χ0v) is 18.5. The highest BCUT2D eigenvalue weighted by Crippen LogP contribution is 2.27. The highest BCUT2D eigenvalue weighted by molar-refractivity contribution is 7.92. The summed E-state index contributed by atoms with van der Waals surface area (Å²) in [6.07, 6.45) is 5.34. The zero-order valence-electron chi connectivity index (χ0n) is 17.7. The predicted octanol–water partition coefficient (Wildman–Crippen LogP) is 3.66. The second-order valence-corrected chi connectivity index (χ2v) is 9.82. The Morgan fingerprint density at radius 1 is 1.06 bits per heavy atom. The lowest BCUT2D eigenvalue weighted by Gasteiger charge is -2.26. The Morgan fingerprint density at radius 3 is 2.39 bits per heavy atom. The fourth-order valence-electron chi connectivity index (χ4n) is 3.79. The molecule has 2 N–H and O–H groups in total. The number of carbonyl (C=O) groups excluding carboxylic acids is 1. The molecule has 0 heterocycles. The Morgan fingerprint density at radius 2 is 1.74 bits per heavy atom. The number of nitrogens with one attached hydrogen (secondary N) is 2. The van der Waals surface area contributed by atoms with E-state index in [1.807, 2.05) is 6.07 Å². The molecule has 0 spiro atoms. The monoisotopic (exact) mass is 440 g/mol. The maximum atomic E-state index is 13.0. The SMILES string of the molecule is CN(c1ccccc1)S(=O)(=O)c1cccc(NCC(=O)NC2(C#N)CCCCCC2)c1. The Labute approximate surface area is 184 Å².